The number of esters is 1. The molecule has 0 saturated carbocycles. The van der Waals surface area contributed by atoms with E-state index in [9.17, 15) is 9.59 Å². The predicted molar refractivity (Wildman–Crippen MR) is 110 cm³/mol. The molecule has 1 amide bonds. The van der Waals surface area contributed by atoms with E-state index in [-0.39, 0.29) is 18.1 Å². The Morgan fingerprint density at radius 3 is 2.38 bits per heavy atom. The molecule has 0 bridgehead atoms. The first-order chi connectivity index (χ1) is 13.9. The summed E-state index contributed by atoms with van der Waals surface area (Å²) in [6.07, 6.45) is 1.41. The van der Waals surface area contributed by atoms with Gasteiger partial charge in [0.1, 0.15) is 0 Å². The molecule has 0 aliphatic heterocycles. The molecule has 0 unspecified atom stereocenters. The van der Waals surface area contributed by atoms with Crippen molar-refractivity contribution in [3.8, 4) is 11.5 Å². The van der Waals surface area contributed by atoms with Crippen molar-refractivity contribution >= 4 is 17.8 Å². The van der Waals surface area contributed by atoms with Crippen LogP contribution in [0.2, 0.25) is 0 Å². The number of amides is 1. The Kier molecular flexibility index (Phi) is 7.88. The number of methoxy groups -OCH3 is 3. The van der Waals surface area contributed by atoms with E-state index in [0.717, 1.165) is 11.1 Å². The van der Waals surface area contributed by atoms with E-state index in [1.165, 1.54) is 18.1 Å². The Bertz CT molecular complexity index is 870. The maximum Gasteiger partial charge on any atom is 0.374 e. The van der Waals surface area contributed by atoms with Crippen LogP contribution in [0.4, 0.5) is 5.88 Å². The lowest BCUT2D eigenvalue weighted by Crippen LogP contribution is -2.32. The van der Waals surface area contributed by atoms with Crippen LogP contribution in [0, 0.1) is 0 Å². The van der Waals surface area contributed by atoms with Crippen LogP contribution in [0.1, 0.15) is 35.9 Å². The van der Waals surface area contributed by atoms with Crippen molar-refractivity contribution in [2.24, 2.45) is 0 Å². The third kappa shape index (κ3) is 5.88. The number of ether oxygens (including phenoxy) is 3. The monoisotopic (exact) mass is 401 g/mol. The summed E-state index contributed by atoms with van der Waals surface area (Å²) in [6, 6.07) is 8.66. The maximum absolute atomic E-state index is 12.9. The first-order valence-electron chi connectivity index (χ1n) is 9.23. The molecule has 0 radical (unpaired) electrons. The fraction of sp³-hybridized carbons (Fsp3) is 0.364. The lowest BCUT2D eigenvalue weighted by molar-refractivity contribution is -0.118. The van der Waals surface area contributed by atoms with Crippen molar-refractivity contribution in [3.05, 3.63) is 53.8 Å². The van der Waals surface area contributed by atoms with Crippen molar-refractivity contribution in [1.82, 2.24) is 0 Å². The van der Waals surface area contributed by atoms with Crippen molar-refractivity contribution in [2.45, 2.75) is 26.2 Å². The molecule has 0 aliphatic rings. The van der Waals surface area contributed by atoms with E-state index in [1.807, 2.05) is 25.1 Å². The number of aryl methyl sites for hydroxylation is 1. The average Bonchev–Trinajstić information content (AvgIpc) is 3.21. The summed E-state index contributed by atoms with van der Waals surface area (Å²) in [6.45, 7) is 6.20. The number of hydrogen-bond donors (Lipinski definition) is 0. The van der Waals surface area contributed by atoms with E-state index in [2.05, 4.69) is 11.3 Å². The number of hydrogen-bond acceptors (Lipinski definition) is 6. The summed E-state index contributed by atoms with van der Waals surface area (Å²) in [4.78, 5) is 26.1. The zero-order chi connectivity index (χ0) is 21.4. The second kappa shape index (κ2) is 10.4. The maximum atomic E-state index is 12.9. The van der Waals surface area contributed by atoms with Crippen molar-refractivity contribution in [2.75, 3.05) is 32.8 Å². The average molecular weight is 401 g/mol. The third-order valence-corrected chi connectivity index (χ3v) is 4.38. The van der Waals surface area contributed by atoms with Crippen LogP contribution in [0.3, 0.4) is 0 Å². The number of carbonyl (C=O) groups is 2. The van der Waals surface area contributed by atoms with Gasteiger partial charge in [-0.3, -0.25) is 9.69 Å². The molecular weight excluding hydrogens is 374 g/mol. The third-order valence-electron chi connectivity index (χ3n) is 4.38. The quantitative estimate of drug-likeness (QED) is 0.442. The number of rotatable bonds is 10. The number of anilines is 1. The minimum atomic E-state index is -0.589. The summed E-state index contributed by atoms with van der Waals surface area (Å²) >= 11 is 0. The van der Waals surface area contributed by atoms with Gasteiger partial charge in [0.05, 0.1) is 21.3 Å². The molecule has 156 valence electrons. The van der Waals surface area contributed by atoms with Gasteiger partial charge in [-0.25, -0.2) is 4.79 Å². The van der Waals surface area contributed by atoms with Gasteiger partial charge in [0.25, 0.3) is 0 Å². The second-order valence-corrected chi connectivity index (χ2v) is 6.57. The number of furan rings is 1. The smallest absolute Gasteiger partial charge is 0.374 e. The highest BCUT2D eigenvalue weighted by Crippen LogP contribution is 2.28. The standard InChI is InChI=1S/C22H27NO6/c1-15(2)12-13-23(21-11-9-18(29-21)22(25)28-5)20(24)10-7-16-6-8-17(26-3)19(14-16)27-4/h6,8-9,11,14H,1,7,10,12-13H2,2-5H3. The van der Waals surface area contributed by atoms with Crippen molar-refractivity contribution in [3.63, 3.8) is 0 Å². The molecule has 0 N–H and O–H groups in total. The van der Waals surface area contributed by atoms with Crippen LogP contribution in [-0.4, -0.2) is 39.8 Å². The fourth-order valence-corrected chi connectivity index (χ4v) is 2.77. The van der Waals surface area contributed by atoms with Gasteiger partial charge in [0.15, 0.2) is 11.5 Å². The molecule has 1 aromatic carbocycles. The molecular formula is C22H27NO6. The molecule has 7 nitrogen and oxygen atoms in total. The Hall–Kier alpha value is -3.22. The minimum absolute atomic E-state index is 0.0514. The Morgan fingerprint density at radius 2 is 1.76 bits per heavy atom. The van der Waals surface area contributed by atoms with Crippen LogP contribution in [0.5, 0.6) is 11.5 Å². The van der Waals surface area contributed by atoms with Crippen LogP contribution in [0.15, 0.2) is 46.9 Å². The minimum Gasteiger partial charge on any atom is -0.493 e. The zero-order valence-corrected chi connectivity index (χ0v) is 17.3. The molecule has 2 aromatic rings. The van der Waals surface area contributed by atoms with E-state index in [1.54, 1.807) is 20.3 Å². The lowest BCUT2D eigenvalue weighted by Gasteiger charge is -2.20. The van der Waals surface area contributed by atoms with Gasteiger partial charge in [-0.1, -0.05) is 11.6 Å². The van der Waals surface area contributed by atoms with Gasteiger partial charge in [-0.2, -0.15) is 0 Å². The Balaban J connectivity index is 2.14. The Labute approximate surface area is 170 Å². The van der Waals surface area contributed by atoms with Gasteiger partial charge in [-0.15, -0.1) is 6.58 Å². The van der Waals surface area contributed by atoms with E-state index in [4.69, 9.17) is 13.9 Å². The summed E-state index contributed by atoms with van der Waals surface area (Å²) < 4.78 is 20.7. The zero-order valence-electron chi connectivity index (χ0n) is 17.3. The molecule has 1 aromatic heterocycles. The summed E-state index contributed by atoms with van der Waals surface area (Å²) in [5, 5.41) is 0. The molecule has 2 rings (SSSR count). The predicted octanol–water partition coefficient (Wildman–Crippen LogP) is 4.02. The van der Waals surface area contributed by atoms with E-state index >= 15 is 0 Å². The Morgan fingerprint density at radius 1 is 1.03 bits per heavy atom. The van der Waals surface area contributed by atoms with E-state index in [0.29, 0.717) is 36.8 Å². The molecule has 0 fully saturated rings. The SMILES string of the molecule is C=C(C)CCN(C(=O)CCc1ccc(OC)c(OC)c1)c1ccc(C(=O)OC)o1. The summed E-state index contributed by atoms with van der Waals surface area (Å²) in [5.41, 5.74) is 1.90. The van der Waals surface area contributed by atoms with Crippen LogP contribution in [-0.2, 0) is 16.0 Å². The highest BCUT2D eigenvalue weighted by molar-refractivity contribution is 5.93. The van der Waals surface area contributed by atoms with Gasteiger partial charge < -0.3 is 18.6 Å². The first kappa shape index (κ1) is 22.1. The molecule has 0 aliphatic carbocycles. The highest BCUT2D eigenvalue weighted by atomic mass is 16.5. The van der Waals surface area contributed by atoms with E-state index < -0.39 is 5.97 Å². The molecule has 1 heterocycles. The highest BCUT2D eigenvalue weighted by Gasteiger charge is 2.21. The van der Waals surface area contributed by atoms with Gasteiger partial charge in [-0.05, 0) is 43.5 Å². The summed E-state index contributed by atoms with van der Waals surface area (Å²) in [5.74, 6) is 0.905. The summed E-state index contributed by atoms with van der Waals surface area (Å²) in [7, 11) is 4.42. The normalized spacial score (nSPS) is 10.3. The number of nitrogens with zero attached hydrogens (tertiary/aromatic N) is 1. The van der Waals surface area contributed by atoms with Gasteiger partial charge in [0.2, 0.25) is 17.6 Å². The largest absolute Gasteiger partial charge is 0.493 e. The van der Waals surface area contributed by atoms with Crippen molar-refractivity contribution in [1.29, 1.82) is 0 Å². The molecule has 0 spiro atoms. The fourth-order valence-electron chi connectivity index (χ4n) is 2.77. The van der Waals surface area contributed by atoms with Crippen LogP contribution in [0.25, 0.3) is 0 Å². The number of carbonyl (C=O) groups excluding carboxylic acids is 2. The van der Waals surface area contributed by atoms with Gasteiger partial charge >= 0.3 is 5.97 Å². The topological polar surface area (TPSA) is 78.2 Å². The molecule has 0 saturated heterocycles. The molecule has 7 heteroatoms. The number of benzene rings is 1. The van der Waals surface area contributed by atoms with Crippen LogP contribution < -0.4 is 14.4 Å². The van der Waals surface area contributed by atoms with Gasteiger partial charge in [0, 0.05) is 19.0 Å². The second-order valence-electron chi connectivity index (χ2n) is 6.57. The lowest BCUT2D eigenvalue weighted by atomic mass is 10.1. The molecule has 0 atom stereocenters. The van der Waals surface area contributed by atoms with Crippen molar-refractivity contribution < 1.29 is 28.2 Å². The first-order valence-corrected chi connectivity index (χ1v) is 9.23. The van der Waals surface area contributed by atoms with Crippen LogP contribution >= 0.6 is 0 Å². The molecule has 29 heavy (non-hydrogen) atoms.